The second-order valence-corrected chi connectivity index (χ2v) is 3.76. The van der Waals surface area contributed by atoms with Crippen LogP contribution in [0.5, 0.6) is 0 Å². The van der Waals surface area contributed by atoms with Gasteiger partial charge in [0.25, 0.3) is 12.3 Å². The molecule has 0 aliphatic heterocycles. The van der Waals surface area contributed by atoms with Crippen molar-refractivity contribution in [1.82, 2.24) is 4.90 Å². The Hall–Kier alpha value is -1.71. The number of carbonyl (C=O) groups is 1. The summed E-state index contributed by atoms with van der Waals surface area (Å²) in [6.07, 6.45) is -1.92. The van der Waals surface area contributed by atoms with E-state index >= 15 is 0 Å². The van der Waals surface area contributed by atoms with E-state index < -0.39 is 6.43 Å². The van der Waals surface area contributed by atoms with Gasteiger partial charge in [-0.25, -0.2) is 8.78 Å². The van der Waals surface area contributed by atoms with Crippen molar-refractivity contribution < 1.29 is 13.6 Å². The molecule has 1 amide bonds. The Kier molecular flexibility index (Phi) is 5.49. The van der Waals surface area contributed by atoms with E-state index in [4.69, 9.17) is 0 Å². The zero-order valence-electron chi connectivity index (χ0n) is 10.6. The smallest absolute Gasteiger partial charge is 0.258 e. The molecule has 0 saturated heterocycles. The van der Waals surface area contributed by atoms with E-state index in [1.54, 1.807) is 30.3 Å². The number of hydrogen-bond acceptors (Lipinski definition) is 1. The normalized spacial score (nSPS) is 11.7. The molecule has 0 bridgehead atoms. The molecule has 0 heterocycles. The fraction of sp³-hybridized carbons (Fsp3) is 0.357. The van der Waals surface area contributed by atoms with E-state index in [2.05, 4.69) is 0 Å². The molecule has 0 spiro atoms. The average molecular weight is 253 g/mol. The van der Waals surface area contributed by atoms with Crippen LogP contribution in [0.3, 0.4) is 0 Å². The van der Waals surface area contributed by atoms with Gasteiger partial charge in [0.2, 0.25) is 0 Å². The highest BCUT2D eigenvalue weighted by molar-refractivity contribution is 6.19. The molecule has 0 fully saturated rings. The maximum atomic E-state index is 12.6. The molecule has 2 nitrogen and oxygen atoms in total. The van der Waals surface area contributed by atoms with Gasteiger partial charge in [0.05, 0.1) is 0 Å². The van der Waals surface area contributed by atoms with Crippen LogP contribution >= 0.6 is 0 Å². The number of allylic oxidation sites excluding steroid dienone is 1. The highest BCUT2D eigenvalue weighted by atomic mass is 19.3. The lowest BCUT2D eigenvalue weighted by Gasteiger charge is -2.20. The maximum absolute atomic E-state index is 12.6. The first-order valence-corrected chi connectivity index (χ1v) is 5.94. The first kappa shape index (κ1) is 14.4. The van der Waals surface area contributed by atoms with Crippen molar-refractivity contribution in [2.45, 2.75) is 20.3 Å². The lowest BCUT2D eigenvalue weighted by Crippen LogP contribution is -2.31. The summed E-state index contributed by atoms with van der Waals surface area (Å²) in [6.45, 7) is 4.66. The zero-order chi connectivity index (χ0) is 13.5. The Labute approximate surface area is 106 Å². The molecular formula is C14H17F2NO. The molecule has 1 aromatic rings. The van der Waals surface area contributed by atoms with Crippen LogP contribution in [0.4, 0.5) is 8.78 Å². The summed E-state index contributed by atoms with van der Waals surface area (Å²) in [5.41, 5.74) is 0.587. The number of amides is 1. The van der Waals surface area contributed by atoms with Crippen molar-refractivity contribution >= 4 is 11.5 Å². The fourth-order valence-electron chi connectivity index (χ4n) is 1.72. The van der Waals surface area contributed by atoms with E-state index in [0.29, 0.717) is 18.7 Å². The van der Waals surface area contributed by atoms with Crippen molar-refractivity contribution in [2.24, 2.45) is 0 Å². The topological polar surface area (TPSA) is 20.3 Å². The van der Waals surface area contributed by atoms with Crippen molar-refractivity contribution in [1.29, 1.82) is 0 Å². The van der Waals surface area contributed by atoms with Gasteiger partial charge in [-0.3, -0.25) is 4.79 Å². The third-order valence-electron chi connectivity index (χ3n) is 2.66. The van der Waals surface area contributed by atoms with Gasteiger partial charge in [0.15, 0.2) is 0 Å². The molecular weight excluding hydrogens is 236 g/mol. The molecule has 0 unspecified atom stereocenters. The maximum Gasteiger partial charge on any atom is 0.258 e. The van der Waals surface area contributed by atoms with Crippen LogP contribution in [0.25, 0.3) is 5.57 Å². The number of hydrogen-bond donors (Lipinski definition) is 0. The summed E-state index contributed by atoms with van der Waals surface area (Å²) < 4.78 is 25.1. The molecule has 1 rings (SSSR count). The number of likely N-dealkylation sites (N-methyl/N-ethyl adjacent to an activating group) is 1. The quantitative estimate of drug-likeness (QED) is 0.738. The first-order valence-electron chi connectivity index (χ1n) is 5.94. The molecule has 18 heavy (non-hydrogen) atoms. The number of halogens is 2. The third kappa shape index (κ3) is 3.65. The summed E-state index contributed by atoms with van der Waals surface area (Å²) in [6, 6.07) is 8.56. The minimum atomic E-state index is -2.64. The van der Waals surface area contributed by atoms with Crippen LogP contribution < -0.4 is 0 Å². The molecule has 4 heteroatoms. The van der Waals surface area contributed by atoms with Gasteiger partial charge in [0, 0.05) is 18.7 Å². The Balaban J connectivity index is 3.11. The first-order chi connectivity index (χ1) is 8.60. The molecule has 0 atom stereocenters. The highest BCUT2D eigenvalue weighted by Crippen LogP contribution is 2.19. The Bertz CT molecular complexity index is 411. The Morgan fingerprint density at radius 2 is 1.78 bits per heavy atom. The number of carbonyl (C=O) groups excluding carboxylic acids is 1. The lowest BCUT2D eigenvalue weighted by molar-refractivity contribution is -0.124. The van der Waals surface area contributed by atoms with Gasteiger partial charge >= 0.3 is 0 Å². The van der Waals surface area contributed by atoms with Gasteiger partial charge < -0.3 is 4.90 Å². The minimum Gasteiger partial charge on any atom is -0.339 e. The van der Waals surface area contributed by atoms with Crippen LogP contribution in [0.15, 0.2) is 36.4 Å². The largest absolute Gasteiger partial charge is 0.339 e. The van der Waals surface area contributed by atoms with E-state index in [9.17, 15) is 13.6 Å². The van der Waals surface area contributed by atoms with Crippen LogP contribution in [0.2, 0.25) is 0 Å². The predicted octanol–water partition coefficient (Wildman–Crippen LogP) is 3.20. The van der Waals surface area contributed by atoms with Crippen LogP contribution in [0, 0.1) is 0 Å². The van der Waals surface area contributed by atoms with Gasteiger partial charge in [-0.15, -0.1) is 0 Å². The summed E-state index contributed by atoms with van der Waals surface area (Å²) in [4.78, 5) is 13.7. The Morgan fingerprint density at radius 1 is 1.22 bits per heavy atom. The molecule has 0 radical (unpaired) electrons. The fourth-order valence-corrected chi connectivity index (χ4v) is 1.72. The number of benzene rings is 1. The molecule has 98 valence electrons. The zero-order valence-corrected chi connectivity index (χ0v) is 10.6. The number of rotatable bonds is 5. The van der Waals surface area contributed by atoms with Crippen molar-refractivity contribution in [3.63, 3.8) is 0 Å². The van der Waals surface area contributed by atoms with Crippen LogP contribution in [0.1, 0.15) is 19.4 Å². The SMILES string of the molecule is CCN(CC)C(=O)/C(=C\C(F)F)c1ccccc1. The highest BCUT2D eigenvalue weighted by Gasteiger charge is 2.18. The van der Waals surface area contributed by atoms with E-state index in [0.717, 1.165) is 6.08 Å². The van der Waals surface area contributed by atoms with Gasteiger partial charge in [-0.05, 0) is 25.5 Å². The molecule has 0 aliphatic rings. The standard InChI is InChI=1S/C14H17F2NO/c1-3-17(4-2)14(18)12(10-13(15)16)11-8-6-5-7-9-11/h5-10,13H,3-4H2,1-2H3/b12-10-. The van der Waals surface area contributed by atoms with Crippen LogP contribution in [-0.2, 0) is 4.79 Å². The number of alkyl halides is 2. The van der Waals surface area contributed by atoms with E-state index in [-0.39, 0.29) is 11.5 Å². The number of nitrogens with zero attached hydrogens (tertiary/aromatic N) is 1. The lowest BCUT2D eigenvalue weighted by atomic mass is 10.0. The van der Waals surface area contributed by atoms with Crippen molar-refractivity contribution in [3.8, 4) is 0 Å². The molecule has 0 N–H and O–H groups in total. The van der Waals surface area contributed by atoms with E-state index in [1.165, 1.54) is 4.90 Å². The van der Waals surface area contributed by atoms with E-state index in [1.807, 2.05) is 13.8 Å². The van der Waals surface area contributed by atoms with Gasteiger partial charge in [-0.2, -0.15) is 0 Å². The Morgan fingerprint density at radius 3 is 2.22 bits per heavy atom. The second-order valence-electron chi connectivity index (χ2n) is 3.76. The molecule has 1 aromatic carbocycles. The summed E-state index contributed by atoms with van der Waals surface area (Å²) >= 11 is 0. The summed E-state index contributed by atoms with van der Waals surface area (Å²) in [7, 11) is 0. The molecule has 0 aliphatic carbocycles. The average Bonchev–Trinajstić information content (AvgIpc) is 2.38. The molecule has 0 saturated carbocycles. The minimum absolute atomic E-state index is 0.0642. The molecule has 0 aromatic heterocycles. The van der Waals surface area contributed by atoms with Gasteiger partial charge in [0.1, 0.15) is 0 Å². The predicted molar refractivity (Wildman–Crippen MR) is 68.4 cm³/mol. The van der Waals surface area contributed by atoms with Gasteiger partial charge in [-0.1, -0.05) is 30.3 Å². The summed E-state index contributed by atoms with van der Waals surface area (Å²) in [5.74, 6) is -0.355. The second kappa shape index (κ2) is 6.89. The van der Waals surface area contributed by atoms with Crippen molar-refractivity contribution in [2.75, 3.05) is 13.1 Å². The third-order valence-corrected chi connectivity index (χ3v) is 2.66. The summed E-state index contributed by atoms with van der Waals surface area (Å²) in [5, 5.41) is 0. The van der Waals surface area contributed by atoms with Crippen molar-refractivity contribution in [3.05, 3.63) is 42.0 Å². The monoisotopic (exact) mass is 253 g/mol. The van der Waals surface area contributed by atoms with Crippen LogP contribution in [-0.4, -0.2) is 30.3 Å².